The average Bonchev–Trinajstić information content (AvgIpc) is 3.23. The maximum Gasteiger partial charge on any atom is 0.250 e. The van der Waals surface area contributed by atoms with Crippen LogP contribution in [-0.2, 0) is 29.0 Å². The molecule has 2 aromatic rings. The fourth-order valence-corrected chi connectivity index (χ4v) is 6.62. The molecule has 2 bridgehead atoms. The number of aromatic nitrogens is 3. The van der Waals surface area contributed by atoms with E-state index >= 15 is 0 Å². The van der Waals surface area contributed by atoms with Gasteiger partial charge in [-0.3, -0.25) is 9.48 Å². The zero-order valence-corrected chi connectivity index (χ0v) is 22.6. The van der Waals surface area contributed by atoms with Crippen LogP contribution in [0.15, 0.2) is 17.2 Å². The molecule has 2 aliphatic heterocycles. The topological polar surface area (TPSA) is 120 Å². The first-order valence-electron chi connectivity index (χ1n) is 13.7. The van der Waals surface area contributed by atoms with Gasteiger partial charge in [0.05, 0.1) is 30.1 Å². The summed E-state index contributed by atoms with van der Waals surface area (Å²) in [5.41, 5.74) is 9.41. The van der Waals surface area contributed by atoms with Crippen LogP contribution in [0.2, 0.25) is 0 Å². The zero-order chi connectivity index (χ0) is 26.4. The molecular weight excluding hydrogens is 480 g/mol. The van der Waals surface area contributed by atoms with E-state index in [2.05, 4.69) is 43.5 Å². The van der Waals surface area contributed by atoms with Crippen LogP contribution in [-0.4, -0.2) is 71.8 Å². The number of nitrogens with one attached hydrogen (secondary N) is 4. The largest absolute Gasteiger partial charge is 0.373 e. The van der Waals surface area contributed by atoms with Gasteiger partial charge in [-0.1, -0.05) is 5.57 Å². The van der Waals surface area contributed by atoms with Crippen molar-refractivity contribution in [1.29, 1.82) is 5.41 Å². The van der Waals surface area contributed by atoms with Crippen molar-refractivity contribution in [2.75, 3.05) is 43.5 Å². The SMILES string of the molecule is CNc1nc(C)cc(N2CCc3c(c(C)nn3CC3=C4CC(NC(=O)C5CNCCO5)(CC3)C4)C2)c1C=N. The van der Waals surface area contributed by atoms with Gasteiger partial charge in [0, 0.05) is 68.4 Å². The van der Waals surface area contributed by atoms with Crippen molar-refractivity contribution >= 4 is 23.6 Å². The lowest BCUT2D eigenvalue weighted by Gasteiger charge is -2.50. The number of allylic oxidation sites excluding steroid dienone is 1. The number of nitrogens with zero attached hydrogens (tertiary/aromatic N) is 4. The van der Waals surface area contributed by atoms with Gasteiger partial charge in [-0.15, -0.1) is 0 Å². The van der Waals surface area contributed by atoms with Crippen LogP contribution in [0.4, 0.5) is 11.5 Å². The fourth-order valence-electron chi connectivity index (χ4n) is 6.62. The second-order valence-electron chi connectivity index (χ2n) is 11.2. The van der Waals surface area contributed by atoms with E-state index in [-0.39, 0.29) is 17.6 Å². The lowest BCUT2D eigenvalue weighted by Crippen LogP contribution is -2.60. The van der Waals surface area contributed by atoms with Gasteiger partial charge >= 0.3 is 0 Å². The smallest absolute Gasteiger partial charge is 0.250 e. The van der Waals surface area contributed by atoms with Gasteiger partial charge in [0.1, 0.15) is 11.9 Å². The number of carbonyl (C=O) groups excluding carboxylic acids is 1. The van der Waals surface area contributed by atoms with Crippen LogP contribution in [0, 0.1) is 19.3 Å². The van der Waals surface area contributed by atoms with Gasteiger partial charge in [-0.25, -0.2) is 4.98 Å². The number of hydrogen-bond donors (Lipinski definition) is 4. The predicted octanol–water partition coefficient (Wildman–Crippen LogP) is 2.22. The average molecular weight is 519 g/mol. The second-order valence-corrected chi connectivity index (χ2v) is 11.2. The van der Waals surface area contributed by atoms with Crippen molar-refractivity contribution in [3.63, 3.8) is 0 Å². The Morgan fingerprint density at radius 1 is 1.34 bits per heavy atom. The number of pyridine rings is 1. The van der Waals surface area contributed by atoms with E-state index in [1.807, 2.05) is 14.0 Å². The first-order chi connectivity index (χ1) is 18.4. The summed E-state index contributed by atoms with van der Waals surface area (Å²) in [6.45, 7) is 8.61. The molecule has 1 saturated carbocycles. The molecule has 4 N–H and O–H groups in total. The summed E-state index contributed by atoms with van der Waals surface area (Å²) in [6, 6.07) is 2.08. The number of carbonyl (C=O) groups is 1. The first-order valence-corrected chi connectivity index (χ1v) is 13.7. The number of morpholine rings is 1. The highest BCUT2D eigenvalue weighted by Gasteiger charge is 2.47. The van der Waals surface area contributed by atoms with Crippen molar-refractivity contribution in [1.82, 2.24) is 25.4 Å². The van der Waals surface area contributed by atoms with Crippen LogP contribution < -0.4 is 20.9 Å². The Labute approximate surface area is 223 Å². The molecule has 38 heavy (non-hydrogen) atoms. The molecule has 10 heteroatoms. The maximum atomic E-state index is 12.7. The molecule has 2 aromatic heterocycles. The molecule has 0 radical (unpaired) electrons. The third-order valence-corrected chi connectivity index (χ3v) is 8.68. The zero-order valence-electron chi connectivity index (χ0n) is 22.6. The van der Waals surface area contributed by atoms with E-state index < -0.39 is 0 Å². The molecule has 1 unspecified atom stereocenters. The molecule has 1 atom stereocenters. The van der Waals surface area contributed by atoms with Gasteiger partial charge in [-0.05, 0) is 51.2 Å². The highest BCUT2D eigenvalue weighted by molar-refractivity contribution is 5.92. The number of aryl methyl sites for hydroxylation is 2. The van der Waals surface area contributed by atoms with Crippen LogP contribution in [0.1, 0.15) is 53.9 Å². The van der Waals surface area contributed by atoms with E-state index in [4.69, 9.17) is 15.2 Å². The van der Waals surface area contributed by atoms with E-state index in [1.165, 1.54) is 28.6 Å². The molecule has 2 fully saturated rings. The number of anilines is 2. The van der Waals surface area contributed by atoms with Crippen LogP contribution >= 0.6 is 0 Å². The van der Waals surface area contributed by atoms with Crippen LogP contribution in [0.5, 0.6) is 0 Å². The summed E-state index contributed by atoms with van der Waals surface area (Å²) >= 11 is 0. The Kier molecular flexibility index (Phi) is 6.47. The van der Waals surface area contributed by atoms with Crippen molar-refractivity contribution in [3.8, 4) is 0 Å². The summed E-state index contributed by atoms with van der Waals surface area (Å²) in [5.74, 6) is 0.771. The molecule has 5 aliphatic rings. The number of amides is 1. The molecule has 3 aliphatic carbocycles. The van der Waals surface area contributed by atoms with Gasteiger partial charge in [-0.2, -0.15) is 5.10 Å². The summed E-state index contributed by atoms with van der Waals surface area (Å²) in [4.78, 5) is 19.6. The van der Waals surface area contributed by atoms with Crippen molar-refractivity contribution < 1.29 is 9.53 Å². The molecule has 7 rings (SSSR count). The number of fused-ring (bicyclic) bond motifs is 3. The van der Waals surface area contributed by atoms with Crippen LogP contribution in [0.25, 0.3) is 0 Å². The number of rotatable bonds is 7. The standard InChI is InChI=1S/C28H38N8O2/c1-17-10-24(21(13-29)26(30-3)32-17)35-8-5-23-22(16-35)18(2)34-36(23)15-19-4-6-28(11-20(19)12-28)33-27(37)25-14-31-7-9-38-25/h10,13,25,29,31H,4-9,11-12,14-16H2,1-3H3,(H,30,32)(H,33,37). The van der Waals surface area contributed by atoms with Crippen molar-refractivity contribution in [2.45, 2.75) is 70.7 Å². The van der Waals surface area contributed by atoms with Gasteiger partial charge in [0.25, 0.3) is 5.91 Å². The van der Waals surface area contributed by atoms with E-state index in [0.29, 0.717) is 13.2 Å². The minimum Gasteiger partial charge on any atom is -0.373 e. The first kappa shape index (κ1) is 25.1. The minimum absolute atomic E-state index is 0.0263. The van der Waals surface area contributed by atoms with Crippen molar-refractivity contribution in [3.05, 3.63) is 45.4 Å². The minimum atomic E-state index is -0.373. The molecule has 10 nitrogen and oxygen atoms in total. The molecular formula is C28H38N8O2. The van der Waals surface area contributed by atoms with E-state index in [9.17, 15) is 4.79 Å². The molecule has 202 valence electrons. The summed E-state index contributed by atoms with van der Waals surface area (Å²) in [5, 5.41) is 22.7. The quantitative estimate of drug-likeness (QED) is 0.328. The molecule has 4 heterocycles. The maximum absolute atomic E-state index is 12.7. The monoisotopic (exact) mass is 518 g/mol. The highest BCUT2D eigenvalue weighted by Crippen LogP contribution is 2.49. The Morgan fingerprint density at radius 2 is 2.18 bits per heavy atom. The predicted molar refractivity (Wildman–Crippen MR) is 147 cm³/mol. The summed E-state index contributed by atoms with van der Waals surface area (Å²) < 4.78 is 7.87. The third kappa shape index (κ3) is 4.39. The molecule has 1 saturated heterocycles. The van der Waals surface area contributed by atoms with E-state index in [0.717, 1.165) is 86.7 Å². The Balaban J connectivity index is 1.15. The van der Waals surface area contributed by atoms with Gasteiger partial charge in [0.2, 0.25) is 0 Å². The lowest BCUT2D eigenvalue weighted by atomic mass is 9.63. The highest BCUT2D eigenvalue weighted by atomic mass is 16.5. The Bertz CT molecular complexity index is 1300. The summed E-state index contributed by atoms with van der Waals surface area (Å²) in [7, 11) is 1.85. The molecule has 1 amide bonds. The number of ether oxygens (including phenoxy) is 1. The van der Waals surface area contributed by atoms with E-state index in [1.54, 1.807) is 0 Å². The number of hydrogen-bond acceptors (Lipinski definition) is 8. The fraction of sp³-hybridized carbons (Fsp3) is 0.571. The molecule has 0 spiro atoms. The van der Waals surface area contributed by atoms with Gasteiger partial charge < -0.3 is 31.0 Å². The lowest BCUT2D eigenvalue weighted by molar-refractivity contribution is -0.137. The Hall–Kier alpha value is -3.24. The normalized spacial score (nSPS) is 22.0. The third-order valence-electron chi connectivity index (χ3n) is 8.68. The van der Waals surface area contributed by atoms with Crippen LogP contribution in [0.3, 0.4) is 0 Å². The molecule has 0 aromatic carbocycles. The Morgan fingerprint density at radius 3 is 2.87 bits per heavy atom. The van der Waals surface area contributed by atoms with Crippen molar-refractivity contribution in [2.24, 2.45) is 0 Å². The van der Waals surface area contributed by atoms with Gasteiger partial charge in [0.15, 0.2) is 0 Å². The second kappa shape index (κ2) is 9.81. The summed E-state index contributed by atoms with van der Waals surface area (Å²) in [6.07, 6.45) is 5.83.